The van der Waals surface area contributed by atoms with Crippen LogP contribution in [-0.2, 0) is 10.9 Å². The summed E-state index contributed by atoms with van der Waals surface area (Å²) in [5, 5.41) is 0. The van der Waals surface area contributed by atoms with E-state index in [4.69, 9.17) is 4.74 Å². The number of para-hydroxylation sites is 1. The normalized spacial score (nSPS) is 23.8. The maximum Gasteiger partial charge on any atom is 0.418 e. The van der Waals surface area contributed by atoms with Crippen LogP contribution in [0.15, 0.2) is 24.3 Å². The number of ether oxygens (including phenoxy) is 1. The van der Waals surface area contributed by atoms with Gasteiger partial charge in [-0.3, -0.25) is 0 Å². The third kappa shape index (κ3) is 3.85. The maximum atomic E-state index is 13.2. The van der Waals surface area contributed by atoms with Gasteiger partial charge in [0, 0.05) is 43.7 Å². The van der Waals surface area contributed by atoms with Gasteiger partial charge < -0.3 is 14.5 Å². The van der Waals surface area contributed by atoms with E-state index in [0.717, 1.165) is 6.07 Å². The lowest BCUT2D eigenvalue weighted by Crippen LogP contribution is -2.37. The second-order valence-electron chi connectivity index (χ2n) is 7.83. The average Bonchev–Trinajstić information content (AvgIpc) is 3.03. The summed E-state index contributed by atoms with van der Waals surface area (Å²) in [4.78, 5) is 15.6. The molecule has 3 rings (SSSR count). The molecule has 25 heavy (non-hydrogen) atoms. The highest BCUT2D eigenvalue weighted by Gasteiger charge is 2.44. The molecule has 2 heterocycles. The van der Waals surface area contributed by atoms with Crippen LogP contribution in [0.2, 0.25) is 0 Å². The number of hydrogen-bond acceptors (Lipinski definition) is 3. The van der Waals surface area contributed by atoms with Crippen LogP contribution in [0.5, 0.6) is 0 Å². The molecule has 2 saturated heterocycles. The molecule has 1 aromatic rings. The molecule has 0 aromatic heterocycles. The van der Waals surface area contributed by atoms with Crippen LogP contribution >= 0.6 is 0 Å². The number of fused-ring (bicyclic) bond motifs is 1. The summed E-state index contributed by atoms with van der Waals surface area (Å²) >= 11 is 0. The van der Waals surface area contributed by atoms with Crippen LogP contribution < -0.4 is 4.90 Å². The Kier molecular flexibility index (Phi) is 4.37. The predicted molar refractivity (Wildman–Crippen MR) is 88.4 cm³/mol. The first-order chi connectivity index (χ1) is 11.5. The Labute approximate surface area is 145 Å². The zero-order valence-electron chi connectivity index (χ0n) is 14.6. The molecule has 7 heteroatoms. The summed E-state index contributed by atoms with van der Waals surface area (Å²) in [5.41, 5.74) is -0.917. The number of nitrogens with zero attached hydrogens (tertiary/aromatic N) is 2. The molecule has 2 aliphatic heterocycles. The van der Waals surface area contributed by atoms with E-state index in [1.54, 1.807) is 15.9 Å². The van der Waals surface area contributed by atoms with Crippen molar-refractivity contribution in [3.63, 3.8) is 0 Å². The Hall–Kier alpha value is -1.92. The van der Waals surface area contributed by atoms with E-state index < -0.39 is 17.3 Å². The number of rotatable bonds is 1. The number of carbonyl (C=O) groups is 1. The first-order valence-corrected chi connectivity index (χ1v) is 8.44. The van der Waals surface area contributed by atoms with Gasteiger partial charge in [0.1, 0.15) is 5.60 Å². The van der Waals surface area contributed by atoms with E-state index in [1.807, 2.05) is 20.8 Å². The number of amides is 1. The molecule has 2 aliphatic rings. The maximum absolute atomic E-state index is 13.2. The summed E-state index contributed by atoms with van der Waals surface area (Å²) in [7, 11) is 0. The highest BCUT2D eigenvalue weighted by molar-refractivity contribution is 5.69. The van der Waals surface area contributed by atoms with Gasteiger partial charge in [0.15, 0.2) is 0 Å². The van der Waals surface area contributed by atoms with Gasteiger partial charge in [-0.05, 0) is 32.9 Å². The Morgan fingerprint density at radius 2 is 1.60 bits per heavy atom. The molecule has 2 atom stereocenters. The van der Waals surface area contributed by atoms with Gasteiger partial charge in [-0.1, -0.05) is 12.1 Å². The molecule has 0 bridgehead atoms. The minimum Gasteiger partial charge on any atom is -0.444 e. The molecule has 0 spiro atoms. The Bertz CT molecular complexity index is 640. The van der Waals surface area contributed by atoms with Crippen molar-refractivity contribution in [1.29, 1.82) is 0 Å². The average molecular weight is 356 g/mol. The number of hydrogen-bond donors (Lipinski definition) is 0. The molecule has 2 fully saturated rings. The number of benzene rings is 1. The summed E-state index contributed by atoms with van der Waals surface area (Å²) in [6.45, 7) is 7.56. The van der Waals surface area contributed by atoms with Gasteiger partial charge >= 0.3 is 12.3 Å². The number of carbonyl (C=O) groups excluding carboxylic acids is 1. The first-order valence-electron chi connectivity index (χ1n) is 8.44. The Morgan fingerprint density at radius 3 is 2.12 bits per heavy atom. The van der Waals surface area contributed by atoms with Gasteiger partial charge in [-0.2, -0.15) is 13.2 Å². The van der Waals surface area contributed by atoms with Gasteiger partial charge in [0.25, 0.3) is 0 Å². The van der Waals surface area contributed by atoms with Crippen LogP contribution in [0.1, 0.15) is 26.3 Å². The standard InChI is InChI=1S/C18H23F3N2O2/c1-17(2,3)25-16(24)23-10-12-8-22(9-13(12)11-23)15-7-5-4-6-14(15)18(19,20)21/h4-7,12-13H,8-11H2,1-3H3/t12-,13+. The van der Waals surface area contributed by atoms with Crippen LogP contribution in [0.4, 0.5) is 23.7 Å². The monoisotopic (exact) mass is 356 g/mol. The number of likely N-dealkylation sites (tertiary alicyclic amines) is 1. The largest absolute Gasteiger partial charge is 0.444 e. The van der Waals surface area contributed by atoms with Crippen LogP contribution in [-0.4, -0.2) is 42.8 Å². The quantitative estimate of drug-likeness (QED) is 0.762. The smallest absolute Gasteiger partial charge is 0.418 e. The van der Waals surface area contributed by atoms with E-state index in [1.165, 1.54) is 12.1 Å². The van der Waals surface area contributed by atoms with Crippen molar-refractivity contribution >= 4 is 11.8 Å². The predicted octanol–water partition coefficient (Wildman–Crippen LogP) is 4.01. The lowest BCUT2D eigenvalue weighted by Gasteiger charge is -2.27. The second kappa shape index (κ2) is 6.11. The lowest BCUT2D eigenvalue weighted by atomic mass is 10.0. The molecular formula is C18H23F3N2O2. The topological polar surface area (TPSA) is 32.8 Å². The van der Waals surface area contributed by atoms with Crippen LogP contribution in [0.3, 0.4) is 0 Å². The van der Waals surface area contributed by atoms with E-state index >= 15 is 0 Å². The molecule has 1 aromatic carbocycles. The minimum atomic E-state index is -4.36. The van der Waals surface area contributed by atoms with Gasteiger partial charge in [0.2, 0.25) is 0 Å². The summed E-state index contributed by atoms with van der Waals surface area (Å²) in [6.07, 6.45) is -4.71. The lowest BCUT2D eigenvalue weighted by molar-refractivity contribution is -0.137. The fourth-order valence-corrected chi connectivity index (χ4v) is 3.65. The summed E-state index contributed by atoms with van der Waals surface area (Å²) in [5.74, 6) is 0.350. The second-order valence-corrected chi connectivity index (χ2v) is 7.83. The Balaban J connectivity index is 1.68. The van der Waals surface area contributed by atoms with Crippen molar-refractivity contribution in [2.45, 2.75) is 32.5 Å². The van der Waals surface area contributed by atoms with Gasteiger partial charge in [-0.25, -0.2) is 4.79 Å². The zero-order valence-corrected chi connectivity index (χ0v) is 14.6. The minimum absolute atomic E-state index is 0.175. The third-order valence-corrected chi connectivity index (χ3v) is 4.69. The van der Waals surface area contributed by atoms with Crippen molar-refractivity contribution in [3.05, 3.63) is 29.8 Å². The van der Waals surface area contributed by atoms with E-state index in [9.17, 15) is 18.0 Å². The molecule has 4 nitrogen and oxygen atoms in total. The molecule has 0 N–H and O–H groups in total. The SMILES string of the molecule is CC(C)(C)OC(=O)N1C[C@@H]2CN(c3ccccc3C(F)(F)F)C[C@@H]2C1. The molecule has 138 valence electrons. The van der Waals surface area contributed by atoms with Crippen molar-refractivity contribution < 1.29 is 22.7 Å². The molecule has 0 saturated carbocycles. The van der Waals surface area contributed by atoms with Crippen LogP contribution in [0, 0.1) is 11.8 Å². The number of alkyl halides is 3. The van der Waals surface area contributed by atoms with Crippen molar-refractivity contribution in [2.75, 3.05) is 31.1 Å². The summed E-state index contributed by atoms with van der Waals surface area (Å²) < 4.78 is 45.1. The van der Waals surface area contributed by atoms with E-state index in [2.05, 4.69) is 0 Å². The Morgan fingerprint density at radius 1 is 1.04 bits per heavy atom. The number of halogens is 3. The zero-order chi connectivity index (χ0) is 18.4. The molecule has 0 aliphatic carbocycles. The fraction of sp³-hybridized carbons (Fsp3) is 0.611. The van der Waals surface area contributed by atoms with Gasteiger partial charge in [-0.15, -0.1) is 0 Å². The van der Waals surface area contributed by atoms with Crippen molar-refractivity contribution in [1.82, 2.24) is 4.90 Å². The highest BCUT2D eigenvalue weighted by atomic mass is 19.4. The fourth-order valence-electron chi connectivity index (χ4n) is 3.65. The first kappa shape index (κ1) is 17.9. The number of anilines is 1. The van der Waals surface area contributed by atoms with Crippen LogP contribution in [0.25, 0.3) is 0 Å². The van der Waals surface area contributed by atoms with Crippen molar-refractivity contribution in [3.8, 4) is 0 Å². The summed E-state index contributed by atoms with van der Waals surface area (Å²) in [6, 6.07) is 5.69. The molecule has 0 unspecified atom stereocenters. The molecule has 1 amide bonds. The van der Waals surface area contributed by atoms with Crippen molar-refractivity contribution in [2.24, 2.45) is 11.8 Å². The third-order valence-electron chi connectivity index (χ3n) is 4.69. The van der Waals surface area contributed by atoms with Gasteiger partial charge in [0.05, 0.1) is 5.56 Å². The highest BCUT2D eigenvalue weighted by Crippen LogP contribution is 2.40. The molecule has 0 radical (unpaired) electrons. The molecular weight excluding hydrogens is 333 g/mol. The van der Waals surface area contributed by atoms with E-state index in [0.29, 0.717) is 26.2 Å². The van der Waals surface area contributed by atoms with E-state index in [-0.39, 0.29) is 23.6 Å².